The monoisotopic (exact) mass is 494 g/mol. The number of hydrogen-bond donors (Lipinski definition) is 0. The fourth-order valence-electron chi connectivity index (χ4n) is 2.73. The Morgan fingerprint density at radius 2 is 1.81 bits per heavy atom. The normalized spacial score (nSPS) is 10.8. The van der Waals surface area contributed by atoms with Gasteiger partial charge in [-0.15, -0.1) is 0 Å². The van der Waals surface area contributed by atoms with Crippen LogP contribution in [0, 0.1) is 0 Å². The van der Waals surface area contributed by atoms with Crippen molar-refractivity contribution in [1.82, 2.24) is 0 Å². The predicted octanol–water partition coefficient (Wildman–Crippen LogP) is 5.85. The summed E-state index contributed by atoms with van der Waals surface area (Å²) in [5.74, 6) is 0.210. The van der Waals surface area contributed by atoms with Crippen LogP contribution in [0.25, 0.3) is 11.0 Å². The third-order valence-electron chi connectivity index (χ3n) is 3.85. The van der Waals surface area contributed by atoms with Gasteiger partial charge in [0.15, 0.2) is 0 Å². The number of halogens is 2. The van der Waals surface area contributed by atoms with Crippen LogP contribution in [0.4, 0.5) is 0 Å². The fourth-order valence-corrected chi connectivity index (χ4v) is 3.98. The Labute approximate surface area is 172 Å². The van der Waals surface area contributed by atoms with Gasteiger partial charge in [-0.2, -0.15) is 0 Å². The molecule has 1 heterocycles. The van der Waals surface area contributed by atoms with E-state index in [-0.39, 0.29) is 28.9 Å². The molecule has 0 unspecified atom stereocenters. The summed E-state index contributed by atoms with van der Waals surface area (Å²) in [5.41, 5.74) is 0.241. The number of carbonyl (C=O) groups excluding carboxylic acids is 1. The van der Waals surface area contributed by atoms with Gasteiger partial charge in [0.1, 0.15) is 22.5 Å². The quantitative estimate of drug-likeness (QED) is 0.415. The Kier molecular flexibility index (Phi) is 6.01. The van der Waals surface area contributed by atoms with Gasteiger partial charge in [-0.1, -0.05) is 44.8 Å². The Hall–Kier alpha value is -2.12. The van der Waals surface area contributed by atoms with Crippen LogP contribution in [0.3, 0.4) is 0 Å². The molecule has 1 aromatic heterocycles. The van der Waals surface area contributed by atoms with Crippen molar-refractivity contribution >= 4 is 48.8 Å². The van der Waals surface area contributed by atoms with Gasteiger partial charge >= 0.3 is 5.97 Å². The Morgan fingerprint density at radius 1 is 1.11 bits per heavy atom. The van der Waals surface area contributed by atoms with E-state index in [4.69, 9.17) is 13.9 Å². The molecule has 0 saturated heterocycles. The maximum atomic E-state index is 13.1. The molecule has 3 rings (SSSR count). The van der Waals surface area contributed by atoms with Crippen LogP contribution in [-0.4, -0.2) is 12.6 Å². The van der Waals surface area contributed by atoms with Gasteiger partial charge < -0.3 is 13.9 Å². The largest absolute Gasteiger partial charge is 0.460 e. The molecule has 0 fully saturated rings. The van der Waals surface area contributed by atoms with Gasteiger partial charge in [-0.05, 0) is 43.7 Å². The minimum atomic E-state index is -0.643. The van der Waals surface area contributed by atoms with Gasteiger partial charge in [0.2, 0.25) is 11.2 Å². The molecule has 0 aliphatic carbocycles. The van der Waals surface area contributed by atoms with Crippen LogP contribution < -0.4 is 10.2 Å². The molecule has 140 valence electrons. The molecule has 3 aromatic rings. The summed E-state index contributed by atoms with van der Waals surface area (Å²) in [6.07, 6.45) is 0.336. The van der Waals surface area contributed by atoms with Crippen LogP contribution in [0.5, 0.6) is 11.5 Å². The molecule has 0 radical (unpaired) electrons. The molecule has 0 aliphatic rings. The number of ether oxygens (including phenoxy) is 2. The molecule has 2 aromatic carbocycles. The summed E-state index contributed by atoms with van der Waals surface area (Å²) in [6.45, 7) is 3.69. The molecule has 5 nitrogen and oxygen atoms in total. The summed E-state index contributed by atoms with van der Waals surface area (Å²) >= 11 is 6.82. The molecular weight excluding hydrogens is 480 g/mol. The second-order valence-corrected chi connectivity index (χ2v) is 7.48. The lowest BCUT2D eigenvalue weighted by Crippen LogP contribution is -2.17. The van der Waals surface area contributed by atoms with Crippen LogP contribution in [0.1, 0.15) is 30.0 Å². The average Bonchev–Trinajstić information content (AvgIpc) is 2.60. The molecular formula is C20H16Br2O5. The van der Waals surface area contributed by atoms with Crippen molar-refractivity contribution in [2.24, 2.45) is 0 Å². The van der Waals surface area contributed by atoms with Crippen molar-refractivity contribution in [2.45, 2.75) is 20.3 Å². The van der Waals surface area contributed by atoms with Crippen LogP contribution in [-0.2, 0) is 11.2 Å². The van der Waals surface area contributed by atoms with E-state index >= 15 is 0 Å². The fraction of sp³-hybridized carbons (Fsp3) is 0.200. The number of benzene rings is 2. The van der Waals surface area contributed by atoms with E-state index in [9.17, 15) is 9.59 Å². The smallest absolute Gasteiger partial charge is 0.374 e. The SMILES string of the molecule is CCOC(=O)c1oc2cccc(Oc3cc(Br)cc(Br)c3)c2c(=O)c1CC. The van der Waals surface area contributed by atoms with Crippen LogP contribution in [0.15, 0.2) is 54.6 Å². The van der Waals surface area contributed by atoms with E-state index < -0.39 is 5.97 Å². The van der Waals surface area contributed by atoms with Crippen LogP contribution in [0.2, 0.25) is 0 Å². The number of carbonyl (C=O) groups is 1. The highest BCUT2D eigenvalue weighted by Gasteiger charge is 2.22. The van der Waals surface area contributed by atoms with Crippen molar-refractivity contribution < 1.29 is 18.7 Å². The Balaban J connectivity index is 2.18. The van der Waals surface area contributed by atoms with Crippen molar-refractivity contribution in [3.05, 3.63) is 66.9 Å². The topological polar surface area (TPSA) is 65.7 Å². The summed E-state index contributed by atoms with van der Waals surface area (Å²) in [5, 5.41) is 0.290. The zero-order valence-electron chi connectivity index (χ0n) is 14.7. The zero-order valence-corrected chi connectivity index (χ0v) is 17.8. The Morgan fingerprint density at radius 3 is 2.44 bits per heavy atom. The molecule has 0 atom stereocenters. The van der Waals surface area contributed by atoms with Gasteiger partial charge in [-0.3, -0.25) is 4.79 Å². The minimum absolute atomic E-state index is 0.0563. The third kappa shape index (κ3) is 4.09. The first-order valence-corrected chi connectivity index (χ1v) is 9.93. The van der Waals surface area contributed by atoms with Gasteiger partial charge in [-0.25, -0.2) is 4.79 Å². The molecule has 0 spiro atoms. The number of esters is 1. The first-order chi connectivity index (χ1) is 12.9. The van der Waals surface area contributed by atoms with Gasteiger partial charge in [0.25, 0.3) is 0 Å². The van der Waals surface area contributed by atoms with Crippen molar-refractivity contribution in [1.29, 1.82) is 0 Å². The highest BCUT2D eigenvalue weighted by molar-refractivity contribution is 9.11. The van der Waals surface area contributed by atoms with Crippen molar-refractivity contribution in [3.63, 3.8) is 0 Å². The van der Waals surface area contributed by atoms with E-state index in [1.165, 1.54) is 0 Å². The number of rotatable bonds is 5. The second-order valence-electron chi connectivity index (χ2n) is 5.65. The lowest BCUT2D eigenvalue weighted by atomic mass is 10.1. The van der Waals surface area contributed by atoms with Crippen molar-refractivity contribution in [2.75, 3.05) is 6.61 Å². The number of hydrogen-bond acceptors (Lipinski definition) is 5. The second kappa shape index (κ2) is 8.27. The van der Waals surface area contributed by atoms with Crippen molar-refractivity contribution in [3.8, 4) is 11.5 Å². The number of fused-ring (bicyclic) bond motifs is 1. The first-order valence-electron chi connectivity index (χ1n) is 8.34. The predicted molar refractivity (Wildman–Crippen MR) is 110 cm³/mol. The van der Waals surface area contributed by atoms with E-state index in [1.54, 1.807) is 44.2 Å². The first kappa shape index (κ1) is 19.6. The average molecular weight is 496 g/mol. The van der Waals surface area contributed by atoms with Crippen LogP contribution >= 0.6 is 31.9 Å². The summed E-state index contributed by atoms with van der Waals surface area (Å²) in [7, 11) is 0. The highest BCUT2D eigenvalue weighted by atomic mass is 79.9. The minimum Gasteiger partial charge on any atom is -0.460 e. The maximum absolute atomic E-state index is 13.1. The lowest BCUT2D eigenvalue weighted by Gasteiger charge is -2.12. The molecule has 0 saturated carbocycles. The molecule has 0 N–H and O–H groups in total. The molecule has 0 aliphatic heterocycles. The molecule has 27 heavy (non-hydrogen) atoms. The molecule has 0 bridgehead atoms. The van der Waals surface area contributed by atoms with E-state index in [0.29, 0.717) is 23.3 Å². The summed E-state index contributed by atoms with van der Waals surface area (Å²) in [4.78, 5) is 25.2. The molecule has 0 amide bonds. The third-order valence-corrected chi connectivity index (χ3v) is 4.77. The highest BCUT2D eigenvalue weighted by Crippen LogP contribution is 2.32. The summed E-state index contributed by atoms with van der Waals surface area (Å²) in [6, 6.07) is 10.5. The summed E-state index contributed by atoms with van der Waals surface area (Å²) < 4.78 is 18.4. The Bertz CT molecular complexity index is 1050. The standard InChI is InChI=1S/C20H16Br2O5/c1-3-14-18(23)17-15(26-13-9-11(21)8-12(22)10-13)6-5-7-16(17)27-19(14)20(24)25-4-2/h5-10H,3-4H2,1-2H3. The maximum Gasteiger partial charge on any atom is 0.374 e. The van der Waals surface area contributed by atoms with E-state index in [2.05, 4.69) is 31.9 Å². The zero-order chi connectivity index (χ0) is 19.6. The molecule has 7 heteroatoms. The van der Waals surface area contributed by atoms with E-state index in [1.807, 2.05) is 6.07 Å². The van der Waals surface area contributed by atoms with Gasteiger partial charge in [0.05, 0.1) is 12.2 Å². The lowest BCUT2D eigenvalue weighted by molar-refractivity contribution is 0.0488. The van der Waals surface area contributed by atoms with E-state index in [0.717, 1.165) is 8.95 Å². The van der Waals surface area contributed by atoms with Gasteiger partial charge in [0, 0.05) is 8.95 Å².